The van der Waals surface area contributed by atoms with Crippen molar-refractivity contribution in [2.45, 2.75) is 52.5 Å². The minimum Gasteiger partial charge on any atom is -0.493 e. The van der Waals surface area contributed by atoms with Crippen molar-refractivity contribution >= 4 is 29.0 Å². The summed E-state index contributed by atoms with van der Waals surface area (Å²) in [5, 5.41) is 0. The molecule has 1 aliphatic heterocycles. The van der Waals surface area contributed by atoms with Crippen LogP contribution in [0.3, 0.4) is 0 Å². The van der Waals surface area contributed by atoms with Crippen LogP contribution in [-0.2, 0) is 15.1 Å². The molecule has 0 saturated carbocycles. The first-order chi connectivity index (χ1) is 13.1. The van der Waals surface area contributed by atoms with E-state index in [1.54, 1.807) is 5.55 Å². The molecule has 1 unspecified atom stereocenters. The molecular weight excluding hydrogens is 360 g/mol. The molecule has 0 saturated heterocycles. The van der Waals surface area contributed by atoms with Gasteiger partial charge in [-0.2, -0.15) is 0 Å². The third-order valence-electron chi connectivity index (χ3n) is 4.80. The lowest BCUT2D eigenvalue weighted by atomic mass is 9.91. The average molecular weight is 393 g/mol. The Morgan fingerprint density at radius 1 is 1.22 bits per heavy atom. The second kappa shape index (κ2) is 10.6. The molecule has 27 heavy (non-hydrogen) atoms. The minimum absolute atomic E-state index is 0.304. The molecule has 1 aliphatic rings. The summed E-state index contributed by atoms with van der Waals surface area (Å²) < 4.78 is 11.5. The Bertz CT molecular complexity index is 646. The summed E-state index contributed by atoms with van der Waals surface area (Å²) in [6.45, 7) is 11.0. The quantitative estimate of drug-likeness (QED) is 0.406. The number of aliphatic imine (C=N–C) groups is 1. The Labute approximate surface area is 167 Å². The molecule has 1 heterocycles. The fraction of sp³-hybridized carbons (Fsp3) is 0.619. The second-order valence-electron chi connectivity index (χ2n) is 6.53. The van der Waals surface area contributed by atoms with Gasteiger partial charge in [-0.1, -0.05) is 19.8 Å². The number of benzene rings is 1. The van der Waals surface area contributed by atoms with Crippen LogP contribution >= 0.6 is 11.8 Å². The third kappa shape index (κ3) is 4.98. The molecular formula is C21H32N2O3S. The maximum absolute atomic E-state index is 12.9. The molecule has 1 atom stereocenters. The number of anilines is 1. The SMILES string of the molecule is CCCCCOc1ccc(N(CC)CC)cc1C1(C(=O)OCC)CSC=N1. The van der Waals surface area contributed by atoms with Crippen LogP contribution in [0.5, 0.6) is 5.75 Å². The molecule has 0 spiro atoms. The zero-order chi connectivity index (χ0) is 19.7. The van der Waals surface area contributed by atoms with E-state index in [2.05, 4.69) is 42.8 Å². The molecule has 0 amide bonds. The summed E-state index contributed by atoms with van der Waals surface area (Å²) in [6, 6.07) is 6.10. The average Bonchev–Trinajstić information content (AvgIpc) is 3.18. The van der Waals surface area contributed by atoms with Crippen molar-refractivity contribution in [1.82, 2.24) is 0 Å². The van der Waals surface area contributed by atoms with E-state index in [1.807, 2.05) is 13.0 Å². The van der Waals surface area contributed by atoms with Gasteiger partial charge in [-0.25, -0.2) is 4.79 Å². The van der Waals surface area contributed by atoms with Crippen LogP contribution in [0.2, 0.25) is 0 Å². The Kier molecular flexibility index (Phi) is 8.48. The van der Waals surface area contributed by atoms with Crippen LogP contribution in [0.1, 0.15) is 52.5 Å². The monoisotopic (exact) mass is 392 g/mol. The van der Waals surface area contributed by atoms with Crippen LogP contribution in [-0.4, -0.2) is 43.6 Å². The number of ether oxygens (including phenoxy) is 2. The van der Waals surface area contributed by atoms with Crippen LogP contribution in [0, 0.1) is 0 Å². The van der Waals surface area contributed by atoms with Gasteiger partial charge in [0, 0.05) is 30.1 Å². The molecule has 0 aromatic heterocycles. The van der Waals surface area contributed by atoms with Crippen LogP contribution in [0.4, 0.5) is 5.69 Å². The number of carbonyl (C=O) groups excluding carboxylic acids is 1. The van der Waals surface area contributed by atoms with E-state index < -0.39 is 5.54 Å². The highest BCUT2D eigenvalue weighted by Crippen LogP contribution is 2.42. The van der Waals surface area contributed by atoms with Crippen LogP contribution in [0.25, 0.3) is 0 Å². The summed E-state index contributed by atoms with van der Waals surface area (Å²) in [5.41, 5.74) is 2.61. The number of hydrogen-bond acceptors (Lipinski definition) is 6. The van der Waals surface area contributed by atoms with Crippen molar-refractivity contribution in [2.75, 3.05) is 37.0 Å². The molecule has 6 heteroatoms. The molecule has 5 nitrogen and oxygen atoms in total. The van der Waals surface area contributed by atoms with Crippen LogP contribution in [0.15, 0.2) is 23.2 Å². The van der Waals surface area contributed by atoms with Crippen molar-refractivity contribution in [3.63, 3.8) is 0 Å². The van der Waals surface area contributed by atoms with Gasteiger partial charge < -0.3 is 14.4 Å². The highest BCUT2D eigenvalue weighted by Gasteiger charge is 2.46. The summed E-state index contributed by atoms with van der Waals surface area (Å²) in [7, 11) is 0. The number of hydrogen-bond donors (Lipinski definition) is 0. The lowest BCUT2D eigenvalue weighted by Crippen LogP contribution is -2.37. The van der Waals surface area contributed by atoms with Crippen molar-refractivity contribution in [3.05, 3.63) is 23.8 Å². The van der Waals surface area contributed by atoms with Gasteiger partial charge in [0.2, 0.25) is 0 Å². The normalized spacial score (nSPS) is 18.5. The molecule has 1 aromatic carbocycles. The van der Waals surface area contributed by atoms with E-state index in [4.69, 9.17) is 9.47 Å². The fourth-order valence-corrected chi connectivity index (χ4v) is 4.15. The fourth-order valence-electron chi connectivity index (χ4n) is 3.23. The van der Waals surface area contributed by atoms with Gasteiger partial charge >= 0.3 is 5.97 Å². The minimum atomic E-state index is -1.02. The zero-order valence-electron chi connectivity index (χ0n) is 17.0. The smallest absolute Gasteiger partial charge is 0.339 e. The predicted octanol–water partition coefficient (Wildman–Crippen LogP) is 4.64. The van der Waals surface area contributed by atoms with E-state index in [0.717, 1.165) is 49.4 Å². The molecule has 0 radical (unpaired) electrons. The summed E-state index contributed by atoms with van der Waals surface area (Å²) in [4.78, 5) is 19.7. The van der Waals surface area contributed by atoms with Crippen molar-refractivity contribution in [3.8, 4) is 5.75 Å². The molecule has 1 aromatic rings. The molecule has 0 fully saturated rings. The topological polar surface area (TPSA) is 51.1 Å². The number of nitrogens with zero attached hydrogens (tertiary/aromatic N) is 2. The summed E-state index contributed by atoms with van der Waals surface area (Å²) in [5.74, 6) is 0.967. The maximum Gasteiger partial charge on any atom is 0.339 e. The summed E-state index contributed by atoms with van der Waals surface area (Å²) >= 11 is 1.53. The zero-order valence-corrected chi connectivity index (χ0v) is 17.8. The Hall–Kier alpha value is -1.69. The van der Waals surface area contributed by atoms with Crippen LogP contribution < -0.4 is 9.64 Å². The second-order valence-corrected chi connectivity index (χ2v) is 7.37. The first-order valence-corrected chi connectivity index (χ1v) is 11.0. The van der Waals surface area contributed by atoms with E-state index in [1.165, 1.54) is 11.8 Å². The number of carbonyl (C=O) groups is 1. The molecule has 0 bridgehead atoms. The van der Waals surface area contributed by atoms with E-state index >= 15 is 0 Å². The standard InChI is InChI=1S/C21H32N2O3S/c1-5-9-10-13-26-19-12-11-17(23(6-2)7-3)14-18(19)21(15-27-16-22-21)20(24)25-8-4/h11-12,14,16H,5-10,13,15H2,1-4H3. The largest absolute Gasteiger partial charge is 0.493 e. The lowest BCUT2D eigenvalue weighted by Gasteiger charge is -2.29. The highest BCUT2D eigenvalue weighted by atomic mass is 32.2. The number of unbranched alkanes of at least 4 members (excludes halogenated alkanes) is 2. The number of thioether (sulfide) groups is 1. The predicted molar refractivity (Wildman–Crippen MR) is 114 cm³/mol. The van der Waals surface area contributed by atoms with Crippen molar-refractivity contribution < 1.29 is 14.3 Å². The Morgan fingerprint density at radius 2 is 2.00 bits per heavy atom. The first kappa shape index (κ1) is 21.6. The van der Waals surface area contributed by atoms with Gasteiger partial charge in [0.05, 0.1) is 18.8 Å². The lowest BCUT2D eigenvalue weighted by molar-refractivity contribution is -0.148. The highest BCUT2D eigenvalue weighted by molar-refractivity contribution is 8.12. The molecule has 0 N–H and O–H groups in total. The summed E-state index contributed by atoms with van der Waals surface area (Å²) in [6.07, 6.45) is 3.27. The van der Waals surface area contributed by atoms with Gasteiger partial charge in [-0.3, -0.25) is 4.99 Å². The molecule has 2 rings (SSSR count). The van der Waals surface area contributed by atoms with Crippen molar-refractivity contribution in [1.29, 1.82) is 0 Å². The van der Waals surface area contributed by atoms with Gasteiger partial charge in [-0.05, 0) is 45.4 Å². The number of esters is 1. The molecule has 0 aliphatic carbocycles. The maximum atomic E-state index is 12.9. The van der Waals surface area contributed by atoms with E-state index in [-0.39, 0.29) is 5.97 Å². The van der Waals surface area contributed by atoms with Gasteiger partial charge in [0.25, 0.3) is 0 Å². The number of rotatable bonds is 11. The van der Waals surface area contributed by atoms with E-state index in [0.29, 0.717) is 19.0 Å². The third-order valence-corrected chi connectivity index (χ3v) is 5.63. The van der Waals surface area contributed by atoms with Crippen molar-refractivity contribution in [2.24, 2.45) is 4.99 Å². The van der Waals surface area contributed by atoms with E-state index in [9.17, 15) is 4.79 Å². The van der Waals surface area contributed by atoms with Gasteiger partial charge in [0.15, 0.2) is 5.54 Å². The van der Waals surface area contributed by atoms with Gasteiger partial charge in [-0.15, -0.1) is 11.8 Å². The Balaban J connectivity index is 2.45. The first-order valence-electron chi connectivity index (χ1n) is 9.97. The van der Waals surface area contributed by atoms with Gasteiger partial charge in [0.1, 0.15) is 5.75 Å². The Morgan fingerprint density at radius 3 is 2.59 bits per heavy atom. The molecule has 150 valence electrons.